The maximum atomic E-state index is 12.3. The maximum Gasteiger partial charge on any atom is 0.410 e. The molecule has 0 radical (unpaired) electrons. The largest absolute Gasteiger partial charge is 0.453 e. The predicted octanol–water partition coefficient (Wildman–Crippen LogP) is -0.434. The van der Waals surface area contributed by atoms with Crippen LogP contribution in [0.5, 0.6) is 0 Å². The summed E-state index contributed by atoms with van der Waals surface area (Å²) in [5.74, 6) is -0.357. The molecule has 0 bridgehead atoms. The van der Waals surface area contributed by atoms with Crippen LogP contribution < -0.4 is 5.32 Å². The number of ether oxygens (including phenoxy) is 1. The molecule has 2 fully saturated rings. The predicted molar refractivity (Wildman–Crippen MR) is 66.3 cm³/mol. The van der Waals surface area contributed by atoms with Crippen molar-refractivity contribution in [3.8, 4) is 0 Å². The molecule has 1 N–H and O–H groups in total. The van der Waals surface area contributed by atoms with Crippen LogP contribution in [-0.2, 0) is 14.3 Å². The summed E-state index contributed by atoms with van der Waals surface area (Å²) in [6.07, 6.45) is 1.96. The first kappa shape index (κ1) is 13.6. The maximum absolute atomic E-state index is 12.3. The van der Waals surface area contributed by atoms with Crippen molar-refractivity contribution in [2.75, 3.05) is 33.8 Å². The highest BCUT2D eigenvalue weighted by Crippen LogP contribution is 2.37. The van der Waals surface area contributed by atoms with E-state index in [1.165, 1.54) is 24.0 Å². The fraction of sp³-hybridized carbons (Fsp3) is 0.750. The van der Waals surface area contributed by atoms with E-state index in [4.69, 9.17) is 4.74 Å². The van der Waals surface area contributed by atoms with Crippen molar-refractivity contribution >= 4 is 17.9 Å². The minimum absolute atomic E-state index is 0.0477. The van der Waals surface area contributed by atoms with Gasteiger partial charge < -0.3 is 15.0 Å². The van der Waals surface area contributed by atoms with Crippen molar-refractivity contribution < 1.29 is 19.1 Å². The van der Waals surface area contributed by atoms with Crippen LogP contribution in [0.2, 0.25) is 0 Å². The number of nitrogens with one attached hydrogen (secondary N) is 1. The van der Waals surface area contributed by atoms with Crippen LogP contribution in [-0.4, -0.2) is 67.0 Å². The summed E-state index contributed by atoms with van der Waals surface area (Å²) >= 11 is 0. The molecule has 1 spiro atoms. The number of methoxy groups -OCH3 is 1. The summed E-state index contributed by atoms with van der Waals surface area (Å²) in [5.41, 5.74) is -0.778. The normalized spacial score (nSPS) is 26.1. The van der Waals surface area contributed by atoms with Crippen molar-refractivity contribution in [1.82, 2.24) is 15.1 Å². The van der Waals surface area contributed by atoms with Crippen LogP contribution in [0.3, 0.4) is 0 Å². The molecule has 2 saturated heterocycles. The van der Waals surface area contributed by atoms with E-state index in [1.54, 1.807) is 0 Å². The van der Waals surface area contributed by atoms with E-state index < -0.39 is 11.6 Å². The Morgan fingerprint density at radius 1 is 1.42 bits per heavy atom. The van der Waals surface area contributed by atoms with Crippen LogP contribution in [0.25, 0.3) is 0 Å². The molecule has 7 nitrogen and oxygen atoms in total. The number of hydrogen-bond donors (Lipinski definition) is 1. The molecule has 7 heteroatoms. The lowest BCUT2D eigenvalue weighted by Crippen LogP contribution is -2.76. The Labute approximate surface area is 111 Å². The molecule has 0 aliphatic carbocycles. The topological polar surface area (TPSA) is 79.0 Å². The van der Waals surface area contributed by atoms with Gasteiger partial charge in [-0.2, -0.15) is 0 Å². The van der Waals surface area contributed by atoms with Gasteiger partial charge in [-0.05, 0) is 19.3 Å². The molecular formula is C12H19N3O4. The number of carbonyl (C=O) groups excluding carboxylic acids is 3. The Balaban J connectivity index is 2.08. The van der Waals surface area contributed by atoms with Crippen molar-refractivity contribution in [2.45, 2.75) is 24.8 Å². The molecule has 106 valence electrons. The van der Waals surface area contributed by atoms with E-state index in [0.29, 0.717) is 19.5 Å². The molecule has 0 unspecified atom stereocenters. The third-order valence-corrected chi connectivity index (χ3v) is 3.88. The molecule has 2 aliphatic heterocycles. The van der Waals surface area contributed by atoms with Crippen LogP contribution in [0.1, 0.15) is 19.3 Å². The molecule has 1 atom stereocenters. The van der Waals surface area contributed by atoms with Crippen molar-refractivity contribution in [2.24, 2.45) is 0 Å². The molecule has 2 aliphatic rings. The minimum Gasteiger partial charge on any atom is -0.453 e. The third kappa shape index (κ3) is 2.13. The summed E-state index contributed by atoms with van der Waals surface area (Å²) in [5, 5.41) is 2.48. The molecule has 0 aromatic heterocycles. The fourth-order valence-electron chi connectivity index (χ4n) is 2.84. The van der Waals surface area contributed by atoms with Gasteiger partial charge in [0.05, 0.1) is 20.2 Å². The van der Waals surface area contributed by atoms with Gasteiger partial charge in [0.1, 0.15) is 5.54 Å². The number of hydrogen-bond acceptors (Lipinski definition) is 4. The molecule has 19 heavy (non-hydrogen) atoms. The smallest absolute Gasteiger partial charge is 0.410 e. The van der Waals surface area contributed by atoms with E-state index in [-0.39, 0.29) is 18.4 Å². The number of likely N-dealkylation sites (tertiary alicyclic amines) is 2. The van der Waals surface area contributed by atoms with E-state index in [9.17, 15) is 14.4 Å². The molecule has 2 rings (SSSR count). The number of amides is 3. The van der Waals surface area contributed by atoms with E-state index in [1.807, 2.05) is 0 Å². The summed E-state index contributed by atoms with van der Waals surface area (Å²) in [7, 11) is 2.85. The summed E-state index contributed by atoms with van der Waals surface area (Å²) in [6, 6.07) is 0. The van der Waals surface area contributed by atoms with Gasteiger partial charge in [0.15, 0.2) is 0 Å². The number of piperidine rings is 1. The second-order valence-electron chi connectivity index (χ2n) is 4.94. The van der Waals surface area contributed by atoms with E-state index in [0.717, 1.165) is 12.8 Å². The first-order valence-electron chi connectivity index (χ1n) is 6.40. The third-order valence-electron chi connectivity index (χ3n) is 3.88. The second kappa shape index (κ2) is 5.07. The first-order valence-corrected chi connectivity index (χ1v) is 6.40. The minimum atomic E-state index is -0.778. The molecule has 3 amide bonds. The van der Waals surface area contributed by atoms with Gasteiger partial charge in [0, 0.05) is 13.6 Å². The van der Waals surface area contributed by atoms with E-state index >= 15 is 0 Å². The van der Waals surface area contributed by atoms with Crippen LogP contribution in [0, 0.1) is 0 Å². The van der Waals surface area contributed by atoms with Crippen LogP contribution in [0.15, 0.2) is 0 Å². The zero-order valence-corrected chi connectivity index (χ0v) is 11.3. The lowest BCUT2D eigenvalue weighted by molar-refractivity contribution is -0.167. The second-order valence-corrected chi connectivity index (χ2v) is 4.94. The van der Waals surface area contributed by atoms with Gasteiger partial charge in [-0.1, -0.05) is 0 Å². The highest BCUT2D eigenvalue weighted by molar-refractivity contribution is 5.98. The number of β-lactam (4-membered cyclic amide) rings is 1. The van der Waals surface area contributed by atoms with Gasteiger partial charge in [-0.25, -0.2) is 4.79 Å². The quantitative estimate of drug-likeness (QED) is 0.690. The number of likely N-dealkylation sites (N-methyl/N-ethyl adjacent to an activating group) is 1. The van der Waals surface area contributed by atoms with Gasteiger partial charge in [-0.15, -0.1) is 0 Å². The summed E-state index contributed by atoms with van der Waals surface area (Å²) < 4.78 is 4.74. The Kier molecular flexibility index (Phi) is 3.64. The molecule has 0 aromatic carbocycles. The number of rotatable bonds is 2. The lowest BCUT2D eigenvalue weighted by Gasteiger charge is -2.55. The van der Waals surface area contributed by atoms with Crippen molar-refractivity contribution in [1.29, 1.82) is 0 Å². The van der Waals surface area contributed by atoms with Crippen LogP contribution in [0.4, 0.5) is 4.79 Å². The number of carbonyl (C=O) groups is 3. The molecule has 0 saturated carbocycles. The van der Waals surface area contributed by atoms with Crippen molar-refractivity contribution in [3.63, 3.8) is 0 Å². The fourth-order valence-corrected chi connectivity index (χ4v) is 2.84. The zero-order chi connectivity index (χ0) is 14.0. The Bertz CT molecular complexity index is 412. The SMILES string of the molecule is CNC(=O)CN1C[C@]2(CCCCN2C(=O)OC)C1=O. The van der Waals surface area contributed by atoms with E-state index in [2.05, 4.69) is 5.32 Å². The first-order chi connectivity index (χ1) is 9.05. The zero-order valence-electron chi connectivity index (χ0n) is 11.3. The van der Waals surface area contributed by atoms with Gasteiger partial charge in [-0.3, -0.25) is 14.5 Å². The molecule has 0 aromatic rings. The van der Waals surface area contributed by atoms with Gasteiger partial charge in [0.2, 0.25) is 5.91 Å². The highest BCUT2D eigenvalue weighted by atomic mass is 16.5. The standard InChI is InChI=1S/C12H19N3O4/c1-13-9(16)7-14-8-12(10(14)17)5-3-4-6-15(12)11(18)19-2/h3-8H2,1-2H3,(H,13,16)/t12-/m1/s1. The van der Waals surface area contributed by atoms with Crippen molar-refractivity contribution in [3.05, 3.63) is 0 Å². The molecular weight excluding hydrogens is 250 g/mol. The summed E-state index contributed by atoms with van der Waals surface area (Å²) in [4.78, 5) is 38.4. The number of nitrogens with zero attached hydrogens (tertiary/aromatic N) is 2. The molecule has 2 heterocycles. The Morgan fingerprint density at radius 3 is 2.74 bits per heavy atom. The highest BCUT2D eigenvalue weighted by Gasteiger charge is 2.58. The average molecular weight is 269 g/mol. The Hall–Kier alpha value is -1.79. The van der Waals surface area contributed by atoms with Crippen LogP contribution >= 0.6 is 0 Å². The lowest BCUT2D eigenvalue weighted by atomic mass is 9.79. The Morgan fingerprint density at radius 2 is 2.16 bits per heavy atom. The monoisotopic (exact) mass is 269 g/mol. The van der Waals surface area contributed by atoms with Gasteiger partial charge >= 0.3 is 6.09 Å². The van der Waals surface area contributed by atoms with Gasteiger partial charge in [0.25, 0.3) is 5.91 Å². The average Bonchev–Trinajstić information content (AvgIpc) is 2.45. The summed E-state index contributed by atoms with van der Waals surface area (Å²) in [6.45, 7) is 0.993.